The molecular weight excluding hydrogens is 188 g/mol. The fraction of sp³-hybridized carbons (Fsp3) is 0.250. The standard InChI is InChI=1S/C8H8N2O4/c1-5-2-3-7(9-12)6(4-11)8(5)10(13)14/h2-3,11H,4H2,1H3. The summed E-state index contributed by atoms with van der Waals surface area (Å²) in [6.07, 6.45) is 0. The van der Waals surface area contributed by atoms with Crippen molar-refractivity contribution < 1.29 is 10.0 Å². The van der Waals surface area contributed by atoms with Gasteiger partial charge in [0.2, 0.25) is 0 Å². The van der Waals surface area contributed by atoms with Crippen molar-refractivity contribution in [2.45, 2.75) is 13.5 Å². The van der Waals surface area contributed by atoms with Crippen LogP contribution in [0.5, 0.6) is 0 Å². The second-order valence-corrected chi connectivity index (χ2v) is 2.74. The maximum absolute atomic E-state index is 10.6. The van der Waals surface area contributed by atoms with Crippen LogP contribution in [-0.2, 0) is 6.61 Å². The Bertz CT molecular complexity index is 389. The predicted octanol–water partition coefficient (Wildman–Crippen LogP) is 1.79. The first-order chi connectivity index (χ1) is 6.61. The fourth-order valence-corrected chi connectivity index (χ4v) is 1.24. The number of hydrogen-bond donors (Lipinski definition) is 1. The number of aliphatic hydroxyl groups excluding tert-OH is 1. The number of aryl methyl sites for hydroxylation is 1. The molecule has 0 radical (unpaired) electrons. The van der Waals surface area contributed by atoms with Gasteiger partial charge in [0.05, 0.1) is 17.1 Å². The van der Waals surface area contributed by atoms with E-state index in [0.29, 0.717) is 5.56 Å². The molecule has 0 bridgehead atoms. The summed E-state index contributed by atoms with van der Waals surface area (Å²) in [5, 5.41) is 22.1. The van der Waals surface area contributed by atoms with E-state index in [9.17, 15) is 15.0 Å². The highest BCUT2D eigenvalue weighted by Gasteiger charge is 2.20. The number of nitrogens with zero attached hydrogens (tertiary/aromatic N) is 2. The lowest BCUT2D eigenvalue weighted by Gasteiger charge is -2.03. The lowest BCUT2D eigenvalue weighted by Crippen LogP contribution is -1.98. The number of nitro benzene ring substituents is 1. The fourth-order valence-electron chi connectivity index (χ4n) is 1.24. The summed E-state index contributed by atoms with van der Waals surface area (Å²) in [6.45, 7) is 0.963. The second kappa shape index (κ2) is 3.93. The minimum absolute atomic E-state index is 0.0370. The Hall–Kier alpha value is -1.82. The molecule has 0 aliphatic rings. The first-order valence-corrected chi connectivity index (χ1v) is 3.83. The summed E-state index contributed by atoms with van der Waals surface area (Å²) >= 11 is 0. The van der Waals surface area contributed by atoms with Crippen molar-refractivity contribution in [2.24, 2.45) is 5.18 Å². The first-order valence-electron chi connectivity index (χ1n) is 3.83. The Balaban J connectivity index is 3.50. The van der Waals surface area contributed by atoms with Crippen LogP contribution in [0.4, 0.5) is 11.4 Å². The van der Waals surface area contributed by atoms with Gasteiger partial charge < -0.3 is 5.11 Å². The van der Waals surface area contributed by atoms with Gasteiger partial charge in [0.1, 0.15) is 5.69 Å². The van der Waals surface area contributed by atoms with Gasteiger partial charge in [0, 0.05) is 5.56 Å². The van der Waals surface area contributed by atoms with E-state index in [1.54, 1.807) is 0 Å². The quantitative estimate of drug-likeness (QED) is 0.453. The zero-order valence-corrected chi connectivity index (χ0v) is 7.43. The van der Waals surface area contributed by atoms with Crippen molar-refractivity contribution in [3.8, 4) is 0 Å². The molecule has 1 rings (SSSR count). The number of benzene rings is 1. The predicted molar refractivity (Wildman–Crippen MR) is 49.2 cm³/mol. The lowest BCUT2D eigenvalue weighted by molar-refractivity contribution is -0.386. The van der Waals surface area contributed by atoms with Crippen molar-refractivity contribution in [2.75, 3.05) is 0 Å². The number of aliphatic hydroxyl groups is 1. The van der Waals surface area contributed by atoms with Crippen LogP contribution >= 0.6 is 0 Å². The molecule has 0 amide bonds. The van der Waals surface area contributed by atoms with E-state index in [0.717, 1.165) is 0 Å². The van der Waals surface area contributed by atoms with Crippen molar-refractivity contribution in [1.82, 2.24) is 0 Å². The average Bonchev–Trinajstić information content (AvgIpc) is 2.16. The van der Waals surface area contributed by atoms with Crippen LogP contribution in [0.15, 0.2) is 17.3 Å². The normalized spacial score (nSPS) is 9.86. The minimum Gasteiger partial charge on any atom is -0.391 e. The molecule has 14 heavy (non-hydrogen) atoms. The molecule has 0 aromatic heterocycles. The molecule has 0 heterocycles. The molecule has 0 saturated heterocycles. The van der Waals surface area contributed by atoms with Crippen molar-refractivity contribution in [1.29, 1.82) is 0 Å². The van der Waals surface area contributed by atoms with Crippen LogP contribution in [0.25, 0.3) is 0 Å². The topological polar surface area (TPSA) is 92.8 Å². The molecule has 0 aliphatic carbocycles. The molecule has 0 spiro atoms. The van der Waals surface area contributed by atoms with E-state index in [4.69, 9.17) is 5.11 Å². The molecule has 1 N–H and O–H groups in total. The van der Waals surface area contributed by atoms with Gasteiger partial charge in [-0.3, -0.25) is 10.1 Å². The van der Waals surface area contributed by atoms with E-state index in [2.05, 4.69) is 5.18 Å². The third-order valence-corrected chi connectivity index (χ3v) is 1.90. The molecule has 74 valence electrons. The number of hydrogen-bond acceptors (Lipinski definition) is 5. The zero-order valence-electron chi connectivity index (χ0n) is 7.43. The average molecular weight is 196 g/mol. The lowest BCUT2D eigenvalue weighted by atomic mass is 10.1. The zero-order chi connectivity index (χ0) is 10.7. The van der Waals surface area contributed by atoms with Gasteiger partial charge in [-0.2, -0.15) is 0 Å². The summed E-state index contributed by atoms with van der Waals surface area (Å²) < 4.78 is 0. The molecule has 6 nitrogen and oxygen atoms in total. The molecule has 0 saturated carbocycles. The van der Waals surface area contributed by atoms with Crippen LogP contribution in [0, 0.1) is 21.9 Å². The molecule has 6 heteroatoms. The maximum Gasteiger partial charge on any atom is 0.280 e. The highest BCUT2D eigenvalue weighted by atomic mass is 16.6. The van der Waals surface area contributed by atoms with Crippen LogP contribution in [0.3, 0.4) is 0 Å². The molecular formula is C8H8N2O4. The van der Waals surface area contributed by atoms with E-state index >= 15 is 0 Å². The molecule has 0 aliphatic heterocycles. The summed E-state index contributed by atoms with van der Waals surface area (Å²) in [6, 6.07) is 2.77. The van der Waals surface area contributed by atoms with Gasteiger partial charge in [-0.1, -0.05) is 6.07 Å². The number of nitroso groups, excluding NO2 is 1. The Morgan fingerprint density at radius 1 is 1.57 bits per heavy atom. The minimum atomic E-state index is -0.629. The highest BCUT2D eigenvalue weighted by Crippen LogP contribution is 2.31. The number of nitro groups is 1. The summed E-state index contributed by atoms with van der Waals surface area (Å²) in [4.78, 5) is 20.3. The Labute approximate surface area is 79.3 Å². The Morgan fingerprint density at radius 2 is 2.21 bits per heavy atom. The van der Waals surface area contributed by atoms with Gasteiger partial charge in [-0.15, -0.1) is 4.91 Å². The van der Waals surface area contributed by atoms with Crippen molar-refractivity contribution >= 4 is 11.4 Å². The van der Waals surface area contributed by atoms with Crippen LogP contribution < -0.4 is 0 Å². The van der Waals surface area contributed by atoms with Gasteiger partial charge in [0.15, 0.2) is 0 Å². The van der Waals surface area contributed by atoms with Gasteiger partial charge in [-0.25, -0.2) is 0 Å². The summed E-state index contributed by atoms with van der Waals surface area (Å²) in [5.41, 5.74) is 0.0193. The molecule has 0 fully saturated rings. The molecule has 0 unspecified atom stereocenters. The van der Waals surface area contributed by atoms with Crippen molar-refractivity contribution in [3.63, 3.8) is 0 Å². The molecule has 1 aromatic carbocycles. The first kappa shape index (κ1) is 10.3. The maximum atomic E-state index is 10.6. The summed E-state index contributed by atoms with van der Waals surface area (Å²) in [5.74, 6) is 0. The Morgan fingerprint density at radius 3 is 2.64 bits per heavy atom. The number of rotatable bonds is 3. The van der Waals surface area contributed by atoms with Crippen LogP contribution in [0.2, 0.25) is 0 Å². The smallest absolute Gasteiger partial charge is 0.280 e. The summed E-state index contributed by atoms with van der Waals surface area (Å²) in [7, 11) is 0. The SMILES string of the molecule is Cc1ccc(N=O)c(CO)c1[N+](=O)[O-]. The van der Waals surface area contributed by atoms with E-state index < -0.39 is 11.5 Å². The second-order valence-electron chi connectivity index (χ2n) is 2.74. The van der Waals surface area contributed by atoms with Crippen LogP contribution in [-0.4, -0.2) is 10.0 Å². The van der Waals surface area contributed by atoms with Gasteiger partial charge in [-0.05, 0) is 18.2 Å². The monoisotopic (exact) mass is 196 g/mol. The van der Waals surface area contributed by atoms with E-state index in [1.165, 1.54) is 19.1 Å². The van der Waals surface area contributed by atoms with E-state index in [1.807, 2.05) is 0 Å². The highest BCUT2D eigenvalue weighted by molar-refractivity contribution is 5.60. The molecule has 0 atom stereocenters. The van der Waals surface area contributed by atoms with Crippen LogP contribution in [0.1, 0.15) is 11.1 Å². The van der Waals surface area contributed by atoms with Crippen molar-refractivity contribution in [3.05, 3.63) is 38.3 Å². The largest absolute Gasteiger partial charge is 0.391 e. The molecule has 1 aromatic rings. The van der Waals surface area contributed by atoms with Gasteiger partial charge >= 0.3 is 0 Å². The Kier molecular flexibility index (Phi) is 2.88. The van der Waals surface area contributed by atoms with E-state index in [-0.39, 0.29) is 16.9 Å². The third-order valence-electron chi connectivity index (χ3n) is 1.90. The third kappa shape index (κ3) is 1.60. The van der Waals surface area contributed by atoms with Gasteiger partial charge in [0.25, 0.3) is 5.69 Å².